The minimum atomic E-state index is -4.29. The van der Waals surface area contributed by atoms with Gasteiger partial charge in [-0.1, -0.05) is 0 Å². The molecule has 0 unspecified atom stereocenters. The fourth-order valence-electron chi connectivity index (χ4n) is 0. The van der Waals surface area contributed by atoms with Crippen molar-refractivity contribution in [2.45, 2.75) is 0 Å². The van der Waals surface area contributed by atoms with Gasteiger partial charge in [0.05, 0.1) is 0 Å². The van der Waals surface area contributed by atoms with Gasteiger partial charge in [0.15, 0.2) is 0 Å². The van der Waals surface area contributed by atoms with Crippen molar-refractivity contribution >= 4 is 0 Å². The fourth-order valence-corrected chi connectivity index (χ4v) is 0. The van der Waals surface area contributed by atoms with Gasteiger partial charge < -0.3 is 0 Å². The van der Waals surface area contributed by atoms with Crippen molar-refractivity contribution in [2.75, 3.05) is 0 Å². The molecule has 9 nitrogen and oxygen atoms in total. The summed E-state index contributed by atoms with van der Waals surface area (Å²) < 4.78 is 77.5. The van der Waals surface area contributed by atoms with Crippen LogP contribution in [0.5, 0.6) is 0 Å². The van der Waals surface area contributed by atoms with E-state index in [0.717, 1.165) is 0 Å². The first-order chi connectivity index (χ1) is 5.20. The van der Waals surface area contributed by atoms with Gasteiger partial charge in [0, 0.05) is 0 Å². The van der Waals surface area contributed by atoms with E-state index in [1.807, 2.05) is 0 Å². The van der Waals surface area contributed by atoms with Gasteiger partial charge in [-0.15, -0.1) is 0 Å². The van der Waals surface area contributed by atoms with Crippen molar-refractivity contribution in [1.82, 2.24) is 0 Å². The third kappa shape index (κ3) is 175. The predicted octanol–water partition coefficient (Wildman–Crippen LogP) is -7.50. The third-order valence-corrected chi connectivity index (χ3v) is 0. The van der Waals surface area contributed by atoms with E-state index in [9.17, 15) is 0 Å². The molecule has 0 heterocycles. The SMILES string of the molecule is [Eu+3].[Eu+3].[O]=[Zr]([O-])[O-].[O]=[Zr]([O-])[O-].[O]=[Zr]([O-])[O-]. The predicted molar refractivity (Wildman–Crippen MR) is 2.06 cm³/mol. The molecule has 0 aliphatic heterocycles. The van der Waals surface area contributed by atoms with Crippen molar-refractivity contribution in [3.63, 3.8) is 0 Å². The molecule has 0 fully saturated rings. The monoisotopic (exact) mass is 720 g/mol. The van der Waals surface area contributed by atoms with E-state index in [1.165, 1.54) is 0 Å². The molecule has 0 amide bonds. The van der Waals surface area contributed by atoms with Gasteiger partial charge in [-0.25, -0.2) is 0 Å². The Bertz CT molecular complexity index is 116. The molecule has 0 radical (unpaired) electrons. The Morgan fingerprint density at radius 3 is 0.500 bits per heavy atom. The van der Waals surface area contributed by atoms with Crippen LogP contribution in [0.4, 0.5) is 0 Å². The van der Waals surface area contributed by atoms with E-state index in [2.05, 4.69) is 0 Å². The van der Waals surface area contributed by atoms with Crippen molar-refractivity contribution in [3.8, 4) is 0 Å². The summed E-state index contributed by atoms with van der Waals surface area (Å²) in [6.07, 6.45) is 0. The van der Waals surface area contributed by atoms with Crippen LogP contribution in [-0.2, 0) is 76.3 Å². The summed E-state index contributed by atoms with van der Waals surface area (Å²) in [4.78, 5) is 0. The normalized spacial score (nSPS) is 5.57. The molecule has 0 atom stereocenters. The van der Waals surface area contributed by atoms with Crippen LogP contribution in [0.1, 0.15) is 0 Å². The molecule has 0 N–H and O–H groups in total. The molecule has 14 heteroatoms. The average molecular weight is 722 g/mol. The van der Waals surface area contributed by atoms with Crippen molar-refractivity contribution in [1.29, 1.82) is 0 Å². The molecule has 0 aliphatic carbocycles. The zero-order valence-corrected chi connectivity index (χ0v) is 18.2. The van der Waals surface area contributed by atoms with E-state index >= 15 is 0 Å². The van der Waals surface area contributed by atoms with Gasteiger partial charge in [-0.3, -0.25) is 0 Å². The molecule has 0 saturated carbocycles. The molecule has 0 aromatic carbocycles. The van der Waals surface area contributed by atoms with Crippen molar-refractivity contribution < 1.29 is 194 Å². The summed E-state index contributed by atoms with van der Waals surface area (Å²) in [5.74, 6) is 0. The van der Waals surface area contributed by atoms with Crippen molar-refractivity contribution in [2.24, 2.45) is 0 Å². The van der Waals surface area contributed by atoms with Crippen LogP contribution < -0.4 is 19.1 Å². The molecule has 0 spiro atoms. The molecule has 0 rings (SSSR count). The van der Waals surface area contributed by atoms with Crippen LogP contribution >= 0.6 is 0 Å². The molecule has 0 saturated heterocycles. The van der Waals surface area contributed by atoms with E-state index in [1.54, 1.807) is 0 Å². The van der Waals surface area contributed by atoms with Gasteiger partial charge in [-0.2, -0.15) is 0 Å². The van der Waals surface area contributed by atoms with Gasteiger partial charge in [0.2, 0.25) is 0 Å². The van der Waals surface area contributed by atoms with Crippen molar-refractivity contribution in [3.05, 3.63) is 0 Å². The van der Waals surface area contributed by atoms with E-state index in [0.29, 0.717) is 0 Å². The van der Waals surface area contributed by atoms with E-state index in [4.69, 9.17) is 27.5 Å². The molecular weight excluding hydrogens is 722 g/mol. The standard InChI is InChI=1S/2Eu.9O.3Zr/q2*+3;;;;6*-1;;;. The summed E-state index contributed by atoms with van der Waals surface area (Å²) in [6, 6.07) is 0. The van der Waals surface area contributed by atoms with E-state index < -0.39 is 67.9 Å². The summed E-state index contributed by atoms with van der Waals surface area (Å²) in [6.45, 7) is 0. The second-order valence-corrected chi connectivity index (χ2v) is 4.44. The maximum absolute atomic E-state index is 8.61. The molecule has 0 aromatic heterocycles. The van der Waals surface area contributed by atoms with Crippen LogP contribution in [0, 0.1) is 98.8 Å². The minimum absolute atomic E-state index is 0. The van der Waals surface area contributed by atoms with Crippen LogP contribution in [0.25, 0.3) is 0 Å². The Labute approximate surface area is 188 Å². The fraction of sp³-hybridized carbons (Fsp3) is 0. The average Bonchev–Trinajstić information content (AvgIpc) is 1.54. The number of hydrogen-bond acceptors (Lipinski definition) is 9. The molecule has 80 valence electrons. The van der Waals surface area contributed by atoms with Gasteiger partial charge in [0.1, 0.15) is 0 Å². The number of rotatable bonds is 0. The molecule has 0 aliphatic rings. The third-order valence-electron chi connectivity index (χ3n) is 0. The van der Waals surface area contributed by atoms with Gasteiger partial charge >= 0.3 is 194 Å². The van der Waals surface area contributed by atoms with Crippen LogP contribution in [0.2, 0.25) is 0 Å². The molecule has 0 aromatic rings. The zero-order chi connectivity index (χ0) is 10.7. The first-order valence-corrected chi connectivity index (χ1v) is 10.9. The topological polar surface area (TPSA) is 190 Å². The summed E-state index contributed by atoms with van der Waals surface area (Å²) in [5, 5.41) is 0. The first kappa shape index (κ1) is 31.4. The number of hydrogen-bond donors (Lipinski definition) is 0. The Morgan fingerprint density at radius 2 is 0.500 bits per heavy atom. The molecular formula is Eu2O9Zr3. The molecule has 0 bridgehead atoms. The van der Waals surface area contributed by atoms with Crippen LogP contribution in [0.3, 0.4) is 0 Å². The summed E-state index contributed by atoms with van der Waals surface area (Å²) in [5.41, 5.74) is 0. The Morgan fingerprint density at radius 1 is 0.500 bits per heavy atom. The van der Waals surface area contributed by atoms with Crippen LogP contribution in [0.15, 0.2) is 0 Å². The maximum atomic E-state index is 8.61. The quantitative estimate of drug-likeness (QED) is 0.234. The van der Waals surface area contributed by atoms with Gasteiger partial charge in [-0.05, 0) is 0 Å². The van der Waals surface area contributed by atoms with E-state index in [-0.39, 0.29) is 98.8 Å². The second kappa shape index (κ2) is 26.5. The summed E-state index contributed by atoms with van der Waals surface area (Å²) >= 11 is -12.9. The van der Waals surface area contributed by atoms with Gasteiger partial charge in [0.25, 0.3) is 0 Å². The zero-order valence-electron chi connectivity index (χ0n) is 5.93. The summed E-state index contributed by atoms with van der Waals surface area (Å²) in [7, 11) is 0. The van der Waals surface area contributed by atoms with Crippen LogP contribution in [-0.4, -0.2) is 0 Å². The first-order valence-electron chi connectivity index (χ1n) is 1.84. The Hall–Kier alpha value is 4.98. The second-order valence-electron chi connectivity index (χ2n) is 0.750. The Balaban J connectivity index is -0.0000000270. The molecule has 14 heavy (non-hydrogen) atoms. The Kier molecular flexibility index (Phi) is 59.5.